The monoisotopic (exact) mass is 448 g/mol. The molecule has 1 heterocycles. The van der Waals surface area contributed by atoms with Gasteiger partial charge in [0.25, 0.3) is 5.91 Å². The van der Waals surface area contributed by atoms with Crippen molar-refractivity contribution in [1.29, 1.82) is 0 Å². The highest BCUT2D eigenvalue weighted by molar-refractivity contribution is 7.13. The van der Waals surface area contributed by atoms with E-state index in [9.17, 15) is 9.59 Å². The topological polar surface area (TPSA) is 84.0 Å². The van der Waals surface area contributed by atoms with Crippen LogP contribution in [0.15, 0.2) is 48.5 Å². The molecular formula is C20H18Cl2N4O2S. The summed E-state index contributed by atoms with van der Waals surface area (Å²) in [5.74, 6) is -0.375. The average Bonchev–Trinajstić information content (AvgIpc) is 3.17. The first-order chi connectivity index (χ1) is 14.0. The molecule has 0 bridgehead atoms. The predicted molar refractivity (Wildman–Crippen MR) is 116 cm³/mol. The van der Waals surface area contributed by atoms with Gasteiger partial charge in [-0.3, -0.25) is 9.59 Å². The normalized spacial score (nSPS) is 10.6. The molecule has 2 amide bonds. The Hall–Kier alpha value is -2.48. The number of carbonyl (C=O) groups is 2. The number of hydrogen-bond donors (Lipinski definition) is 2. The molecule has 0 atom stereocenters. The molecule has 3 rings (SSSR count). The molecule has 2 aromatic carbocycles. The second-order valence-electron chi connectivity index (χ2n) is 6.22. The summed E-state index contributed by atoms with van der Waals surface area (Å²) in [6, 6.07) is 14.2. The largest absolute Gasteiger partial charge is 0.352 e. The molecule has 0 spiro atoms. The maximum Gasteiger partial charge on any atom is 0.286 e. The van der Waals surface area contributed by atoms with Gasteiger partial charge in [0, 0.05) is 35.1 Å². The van der Waals surface area contributed by atoms with Crippen LogP contribution in [0.5, 0.6) is 0 Å². The van der Waals surface area contributed by atoms with E-state index < -0.39 is 0 Å². The lowest BCUT2D eigenvalue weighted by molar-refractivity contribution is -0.121. The maximum absolute atomic E-state index is 12.2. The van der Waals surface area contributed by atoms with Crippen LogP contribution in [0.2, 0.25) is 10.0 Å². The molecule has 9 heteroatoms. The number of aromatic nitrogens is 2. The van der Waals surface area contributed by atoms with Crippen LogP contribution in [-0.2, 0) is 17.8 Å². The summed E-state index contributed by atoms with van der Waals surface area (Å²) in [5, 5.41) is 15.8. The van der Waals surface area contributed by atoms with Gasteiger partial charge in [0.05, 0.1) is 0 Å². The third kappa shape index (κ3) is 6.81. The van der Waals surface area contributed by atoms with E-state index in [1.807, 2.05) is 12.1 Å². The van der Waals surface area contributed by atoms with Crippen molar-refractivity contribution in [2.24, 2.45) is 0 Å². The van der Waals surface area contributed by atoms with E-state index in [4.69, 9.17) is 23.2 Å². The molecule has 29 heavy (non-hydrogen) atoms. The lowest BCUT2D eigenvalue weighted by Gasteiger charge is -2.05. The van der Waals surface area contributed by atoms with Gasteiger partial charge in [-0.05, 0) is 42.3 Å². The zero-order valence-corrected chi connectivity index (χ0v) is 17.7. The Labute approximate surface area is 182 Å². The maximum atomic E-state index is 12.2. The number of anilines is 1. The Bertz CT molecular complexity index is 992. The van der Waals surface area contributed by atoms with Crippen LogP contribution in [0.1, 0.15) is 33.2 Å². The molecule has 0 aliphatic heterocycles. The third-order valence-electron chi connectivity index (χ3n) is 3.94. The van der Waals surface area contributed by atoms with Crippen molar-refractivity contribution < 1.29 is 9.59 Å². The number of carbonyl (C=O) groups excluding carboxylic acids is 2. The highest BCUT2D eigenvalue weighted by atomic mass is 35.5. The minimum absolute atomic E-state index is 0.0385. The summed E-state index contributed by atoms with van der Waals surface area (Å²) in [5.41, 5.74) is 1.58. The van der Waals surface area contributed by atoms with Gasteiger partial charge < -0.3 is 10.6 Å². The van der Waals surface area contributed by atoms with E-state index in [0.29, 0.717) is 46.5 Å². The number of hydrogen-bond acceptors (Lipinski definition) is 5. The first-order valence-electron chi connectivity index (χ1n) is 8.90. The van der Waals surface area contributed by atoms with Gasteiger partial charge >= 0.3 is 0 Å². The fraction of sp³-hybridized carbons (Fsp3) is 0.200. The second-order valence-corrected chi connectivity index (χ2v) is 8.16. The zero-order chi connectivity index (χ0) is 20.6. The summed E-state index contributed by atoms with van der Waals surface area (Å²) in [7, 11) is 0. The van der Waals surface area contributed by atoms with Crippen molar-refractivity contribution in [2.75, 3.05) is 5.32 Å². The lowest BCUT2D eigenvalue weighted by atomic mass is 10.2. The lowest BCUT2D eigenvalue weighted by Crippen LogP contribution is -2.22. The van der Waals surface area contributed by atoms with Gasteiger partial charge in [-0.25, -0.2) is 0 Å². The SMILES string of the molecule is O=C(CCCc1nnc(C(=O)Nc2cccc(Cl)c2)s1)NCc1ccc(Cl)cc1. The summed E-state index contributed by atoms with van der Waals surface area (Å²) in [6.07, 6.45) is 1.57. The van der Waals surface area contributed by atoms with E-state index in [2.05, 4.69) is 20.8 Å². The summed E-state index contributed by atoms with van der Waals surface area (Å²) >= 11 is 13.0. The number of amides is 2. The number of nitrogens with zero attached hydrogens (tertiary/aromatic N) is 2. The first-order valence-corrected chi connectivity index (χ1v) is 10.5. The number of aryl methyl sites for hydroxylation is 1. The van der Waals surface area contributed by atoms with Gasteiger partial charge in [-0.1, -0.05) is 52.7 Å². The molecule has 0 saturated carbocycles. The highest BCUT2D eigenvalue weighted by Crippen LogP contribution is 2.18. The Morgan fingerprint density at radius 1 is 1.00 bits per heavy atom. The van der Waals surface area contributed by atoms with Crippen molar-refractivity contribution >= 4 is 52.0 Å². The van der Waals surface area contributed by atoms with Crippen molar-refractivity contribution in [1.82, 2.24) is 15.5 Å². The summed E-state index contributed by atoms with van der Waals surface area (Å²) in [4.78, 5) is 24.2. The number of nitrogens with one attached hydrogen (secondary N) is 2. The molecule has 150 valence electrons. The van der Waals surface area contributed by atoms with Crippen LogP contribution in [0.25, 0.3) is 0 Å². The van der Waals surface area contributed by atoms with Crippen LogP contribution in [0.3, 0.4) is 0 Å². The fourth-order valence-corrected chi connectivity index (χ4v) is 3.58. The second kappa shape index (κ2) is 10.3. The molecule has 1 aromatic heterocycles. The molecule has 6 nitrogen and oxygen atoms in total. The molecule has 0 aliphatic rings. The predicted octanol–water partition coefficient (Wildman–Crippen LogP) is 4.74. The molecular weight excluding hydrogens is 431 g/mol. The molecule has 0 radical (unpaired) electrons. The number of rotatable bonds is 8. The smallest absolute Gasteiger partial charge is 0.286 e. The fourth-order valence-electron chi connectivity index (χ4n) is 2.49. The summed E-state index contributed by atoms with van der Waals surface area (Å²) in [6.45, 7) is 0.461. The van der Waals surface area contributed by atoms with E-state index in [0.717, 1.165) is 5.56 Å². The molecule has 2 N–H and O–H groups in total. The van der Waals surface area contributed by atoms with Crippen molar-refractivity contribution in [3.8, 4) is 0 Å². The average molecular weight is 449 g/mol. The Morgan fingerprint density at radius 3 is 2.55 bits per heavy atom. The van der Waals surface area contributed by atoms with Crippen molar-refractivity contribution in [3.63, 3.8) is 0 Å². The van der Waals surface area contributed by atoms with Crippen molar-refractivity contribution in [3.05, 3.63) is 74.2 Å². The zero-order valence-electron chi connectivity index (χ0n) is 15.3. The molecule has 0 saturated heterocycles. The summed E-state index contributed by atoms with van der Waals surface area (Å²) < 4.78 is 0. The van der Waals surface area contributed by atoms with E-state index in [1.54, 1.807) is 36.4 Å². The van der Waals surface area contributed by atoms with E-state index in [-0.39, 0.29) is 16.8 Å². The van der Waals surface area contributed by atoms with Crippen LogP contribution in [0, 0.1) is 0 Å². The molecule has 0 unspecified atom stereocenters. The quantitative estimate of drug-likeness (QED) is 0.521. The minimum atomic E-state index is -0.336. The van der Waals surface area contributed by atoms with Crippen LogP contribution in [-0.4, -0.2) is 22.0 Å². The van der Waals surface area contributed by atoms with Gasteiger partial charge in [-0.15, -0.1) is 10.2 Å². The Kier molecular flexibility index (Phi) is 7.57. The Morgan fingerprint density at radius 2 is 1.79 bits per heavy atom. The number of benzene rings is 2. The van der Waals surface area contributed by atoms with Gasteiger partial charge in [0.2, 0.25) is 10.9 Å². The highest BCUT2D eigenvalue weighted by Gasteiger charge is 2.13. The molecule has 0 fully saturated rings. The third-order valence-corrected chi connectivity index (χ3v) is 5.41. The van der Waals surface area contributed by atoms with E-state index >= 15 is 0 Å². The molecule has 0 aliphatic carbocycles. The first kappa shape index (κ1) is 21.2. The molecule has 3 aromatic rings. The van der Waals surface area contributed by atoms with Gasteiger partial charge in [0.15, 0.2) is 0 Å². The van der Waals surface area contributed by atoms with Crippen LogP contribution >= 0.6 is 34.5 Å². The standard InChI is InChI=1S/C20H18Cl2N4O2S/c21-14-9-7-13(8-10-14)12-23-17(27)5-2-6-18-25-26-20(29-18)19(28)24-16-4-1-3-15(22)11-16/h1,3-4,7-11H,2,5-6,12H2,(H,23,27)(H,24,28). The van der Waals surface area contributed by atoms with Gasteiger partial charge in [0.1, 0.15) is 5.01 Å². The van der Waals surface area contributed by atoms with E-state index in [1.165, 1.54) is 11.3 Å². The number of halogens is 2. The van der Waals surface area contributed by atoms with Crippen molar-refractivity contribution in [2.45, 2.75) is 25.8 Å². The minimum Gasteiger partial charge on any atom is -0.352 e. The van der Waals surface area contributed by atoms with Crippen LogP contribution < -0.4 is 10.6 Å². The van der Waals surface area contributed by atoms with Gasteiger partial charge in [-0.2, -0.15) is 0 Å². The van der Waals surface area contributed by atoms with Crippen LogP contribution in [0.4, 0.5) is 5.69 Å². The Balaban J connectivity index is 1.41.